The van der Waals surface area contributed by atoms with Gasteiger partial charge in [-0.3, -0.25) is 10.1 Å². The van der Waals surface area contributed by atoms with E-state index in [0.717, 1.165) is 9.79 Å². The molecular weight excluding hydrogens is 286 g/mol. The SMILES string of the molecule is CC(C)c1ccc(Sc2ccc([N+](=O)[O-])cc2CO)cc1. The Labute approximate surface area is 128 Å². The van der Waals surface area contributed by atoms with Crippen molar-refractivity contribution in [3.05, 3.63) is 63.7 Å². The van der Waals surface area contributed by atoms with Gasteiger partial charge in [-0.15, -0.1) is 0 Å². The van der Waals surface area contributed by atoms with Crippen molar-refractivity contribution >= 4 is 17.4 Å². The van der Waals surface area contributed by atoms with Crippen LogP contribution in [0.15, 0.2) is 52.3 Å². The van der Waals surface area contributed by atoms with Crippen LogP contribution in [-0.4, -0.2) is 10.0 Å². The minimum absolute atomic E-state index is 0.00134. The highest BCUT2D eigenvalue weighted by Gasteiger charge is 2.11. The largest absolute Gasteiger partial charge is 0.392 e. The quantitative estimate of drug-likeness (QED) is 0.658. The van der Waals surface area contributed by atoms with Gasteiger partial charge in [0, 0.05) is 21.9 Å². The average Bonchev–Trinajstić information content (AvgIpc) is 2.48. The Bertz CT molecular complexity index is 638. The first kappa shape index (κ1) is 15.5. The van der Waals surface area contributed by atoms with Crippen LogP contribution < -0.4 is 0 Å². The zero-order valence-corrected chi connectivity index (χ0v) is 12.8. The fourth-order valence-electron chi connectivity index (χ4n) is 1.95. The van der Waals surface area contributed by atoms with Crippen molar-refractivity contribution < 1.29 is 10.0 Å². The number of nitro groups is 1. The molecule has 0 aliphatic rings. The first-order valence-electron chi connectivity index (χ1n) is 6.67. The number of non-ortho nitro benzene ring substituents is 1. The smallest absolute Gasteiger partial charge is 0.269 e. The number of nitro benzene ring substituents is 1. The Morgan fingerprint density at radius 2 is 1.86 bits per heavy atom. The van der Waals surface area contributed by atoms with Crippen LogP contribution in [0.2, 0.25) is 0 Å². The van der Waals surface area contributed by atoms with E-state index in [2.05, 4.69) is 26.0 Å². The third-order valence-electron chi connectivity index (χ3n) is 3.20. The van der Waals surface area contributed by atoms with Crippen molar-refractivity contribution in [2.45, 2.75) is 36.2 Å². The molecule has 0 heterocycles. The standard InChI is InChI=1S/C16H17NO3S/c1-11(2)12-3-6-15(7-4-12)21-16-8-5-14(17(19)20)9-13(16)10-18/h3-9,11,18H,10H2,1-2H3. The minimum atomic E-state index is -0.453. The number of aliphatic hydroxyl groups is 1. The van der Waals surface area contributed by atoms with Gasteiger partial charge in [0.25, 0.3) is 5.69 Å². The third-order valence-corrected chi connectivity index (χ3v) is 4.33. The Balaban J connectivity index is 2.24. The van der Waals surface area contributed by atoms with E-state index < -0.39 is 4.92 Å². The molecule has 0 radical (unpaired) electrons. The second kappa shape index (κ2) is 6.74. The fraction of sp³-hybridized carbons (Fsp3) is 0.250. The van der Waals surface area contributed by atoms with Gasteiger partial charge in [-0.05, 0) is 35.2 Å². The minimum Gasteiger partial charge on any atom is -0.392 e. The molecule has 5 heteroatoms. The summed E-state index contributed by atoms with van der Waals surface area (Å²) in [6.45, 7) is 4.07. The van der Waals surface area contributed by atoms with E-state index >= 15 is 0 Å². The van der Waals surface area contributed by atoms with Crippen molar-refractivity contribution in [2.24, 2.45) is 0 Å². The van der Waals surface area contributed by atoms with Crippen molar-refractivity contribution in [3.63, 3.8) is 0 Å². The van der Waals surface area contributed by atoms with Gasteiger partial charge in [0.1, 0.15) is 0 Å². The van der Waals surface area contributed by atoms with E-state index in [4.69, 9.17) is 0 Å². The average molecular weight is 303 g/mol. The molecule has 0 fully saturated rings. The molecule has 0 aromatic heterocycles. The highest BCUT2D eigenvalue weighted by molar-refractivity contribution is 7.99. The molecule has 2 rings (SSSR count). The molecule has 2 aromatic carbocycles. The molecule has 0 amide bonds. The molecule has 0 saturated carbocycles. The molecule has 0 atom stereocenters. The molecule has 0 saturated heterocycles. The summed E-state index contributed by atoms with van der Waals surface area (Å²) in [4.78, 5) is 12.2. The first-order valence-corrected chi connectivity index (χ1v) is 7.49. The molecule has 0 bridgehead atoms. The van der Waals surface area contributed by atoms with E-state index in [-0.39, 0.29) is 12.3 Å². The topological polar surface area (TPSA) is 63.4 Å². The Morgan fingerprint density at radius 1 is 1.19 bits per heavy atom. The molecule has 0 aliphatic heterocycles. The zero-order chi connectivity index (χ0) is 15.4. The zero-order valence-electron chi connectivity index (χ0n) is 11.9. The van der Waals surface area contributed by atoms with Crippen LogP contribution in [0, 0.1) is 10.1 Å². The molecule has 2 aromatic rings. The van der Waals surface area contributed by atoms with Crippen molar-refractivity contribution in [1.82, 2.24) is 0 Å². The van der Waals surface area contributed by atoms with Gasteiger partial charge in [0.05, 0.1) is 11.5 Å². The van der Waals surface area contributed by atoms with Gasteiger partial charge >= 0.3 is 0 Å². The van der Waals surface area contributed by atoms with Gasteiger partial charge in [0.15, 0.2) is 0 Å². The van der Waals surface area contributed by atoms with Gasteiger partial charge in [0.2, 0.25) is 0 Å². The lowest BCUT2D eigenvalue weighted by Crippen LogP contribution is -1.93. The summed E-state index contributed by atoms with van der Waals surface area (Å²) in [6, 6.07) is 12.8. The van der Waals surface area contributed by atoms with Crippen molar-refractivity contribution in [2.75, 3.05) is 0 Å². The van der Waals surface area contributed by atoms with Crippen molar-refractivity contribution in [3.8, 4) is 0 Å². The highest BCUT2D eigenvalue weighted by Crippen LogP contribution is 2.33. The molecular formula is C16H17NO3S. The lowest BCUT2D eigenvalue weighted by Gasteiger charge is -2.09. The number of hydrogen-bond donors (Lipinski definition) is 1. The number of nitrogens with zero attached hydrogens (tertiary/aromatic N) is 1. The van der Waals surface area contributed by atoms with Crippen LogP contribution in [0.25, 0.3) is 0 Å². The summed E-state index contributed by atoms with van der Waals surface area (Å²) in [7, 11) is 0. The maximum absolute atomic E-state index is 10.8. The van der Waals surface area contributed by atoms with E-state index in [1.54, 1.807) is 6.07 Å². The van der Waals surface area contributed by atoms with Crippen LogP contribution in [-0.2, 0) is 6.61 Å². The normalized spacial score (nSPS) is 10.9. The van der Waals surface area contributed by atoms with Crippen LogP contribution in [0.5, 0.6) is 0 Å². The number of benzene rings is 2. The molecule has 4 nitrogen and oxygen atoms in total. The fourth-order valence-corrected chi connectivity index (χ4v) is 2.87. The molecule has 0 spiro atoms. The van der Waals surface area contributed by atoms with Crippen LogP contribution in [0.3, 0.4) is 0 Å². The van der Waals surface area contributed by atoms with Gasteiger partial charge < -0.3 is 5.11 Å². The predicted octanol–water partition coefficient (Wildman–Crippen LogP) is 4.36. The van der Waals surface area contributed by atoms with Gasteiger partial charge in [-0.25, -0.2) is 0 Å². The monoisotopic (exact) mass is 303 g/mol. The summed E-state index contributed by atoms with van der Waals surface area (Å²) in [5, 5.41) is 20.1. The van der Waals surface area contributed by atoms with Crippen LogP contribution in [0.4, 0.5) is 5.69 Å². The van der Waals surface area contributed by atoms with Crippen molar-refractivity contribution in [1.29, 1.82) is 0 Å². The summed E-state index contributed by atoms with van der Waals surface area (Å²) in [5.74, 6) is 0.483. The molecule has 1 N–H and O–H groups in total. The molecule has 110 valence electrons. The second-order valence-electron chi connectivity index (χ2n) is 5.03. The van der Waals surface area contributed by atoms with Crippen LogP contribution >= 0.6 is 11.8 Å². The Kier molecular flexibility index (Phi) is 4.98. The Morgan fingerprint density at radius 3 is 2.38 bits per heavy atom. The Hall–Kier alpha value is -1.85. The third kappa shape index (κ3) is 3.83. The van der Waals surface area contributed by atoms with Gasteiger partial charge in [-0.2, -0.15) is 0 Å². The molecule has 21 heavy (non-hydrogen) atoms. The van der Waals surface area contributed by atoms with E-state index in [1.807, 2.05) is 12.1 Å². The summed E-state index contributed by atoms with van der Waals surface area (Å²) < 4.78 is 0. The maximum Gasteiger partial charge on any atom is 0.269 e. The summed E-state index contributed by atoms with van der Waals surface area (Å²) in [5.41, 5.74) is 1.84. The number of hydrogen-bond acceptors (Lipinski definition) is 4. The highest BCUT2D eigenvalue weighted by atomic mass is 32.2. The molecule has 0 aliphatic carbocycles. The lowest BCUT2D eigenvalue weighted by atomic mass is 10.0. The first-order chi connectivity index (χ1) is 10.0. The lowest BCUT2D eigenvalue weighted by molar-refractivity contribution is -0.385. The van der Waals surface area contributed by atoms with E-state index in [9.17, 15) is 15.2 Å². The van der Waals surface area contributed by atoms with E-state index in [1.165, 1.54) is 29.5 Å². The molecule has 0 unspecified atom stereocenters. The maximum atomic E-state index is 10.8. The van der Waals surface area contributed by atoms with Crippen LogP contribution in [0.1, 0.15) is 30.9 Å². The summed E-state index contributed by atoms with van der Waals surface area (Å²) in [6.07, 6.45) is 0. The second-order valence-corrected chi connectivity index (χ2v) is 6.15. The number of aliphatic hydroxyl groups excluding tert-OH is 1. The predicted molar refractivity (Wildman–Crippen MR) is 83.7 cm³/mol. The van der Waals surface area contributed by atoms with Gasteiger partial charge in [-0.1, -0.05) is 37.7 Å². The van der Waals surface area contributed by atoms with E-state index in [0.29, 0.717) is 11.5 Å². The number of rotatable bonds is 5. The summed E-state index contributed by atoms with van der Waals surface area (Å²) >= 11 is 1.50.